The van der Waals surface area contributed by atoms with Gasteiger partial charge in [0.1, 0.15) is 0 Å². The number of anilines is 1. The summed E-state index contributed by atoms with van der Waals surface area (Å²) in [6, 6.07) is 6.32. The van der Waals surface area contributed by atoms with Crippen molar-refractivity contribution < 1.29 is 4.74 Å². The molecule has 1 heterocycles. The molecule has 0 radical (unpaired) electrons. The monoisotopic (exact) mass is 280 g/mol. The quantitative estimate of drug-likeness (QED) is 0.872. The van der Waals surface area contributed by atoms with Crippen molar-refractivity contribution in [3.05, 3.63) is 41.1 Å². The summed E-state index contributed by atoms with van der Waals surface area (Å²) in [6.07, 6.45) is 8.01. The van der Waals surface area contributed by atoms with Gasteiger partial charge in [-0.05, 0) is 72.4 Å². The molecule has 108 valence electrons. The molecular formula is C18H20N2O. The maximum Gasteiger partial charge on any atom is 0.213 e. The second-order valence-corrected chi connectivity index (χ2v) is 6.10. The van der Waals surface area contributed by atoms with E-state index in [4.69, 9.17) is 10.5 Å². The van der Waals surface area contributed by atoms with E-state index in [0.717, 1.165) is 29.2 Å². The number of ether oxygens (including phenoxy) is 1. The average Bonchev–Trinajstić information content (AvgIpc) is 3.24. The third kappa shape index (κ3) is 2.08. The number of nitrogen functional groups attached to an aromatic ring is 1. The zero-order chi connectivity index (χ0) is 14.4. The van der Waals surface area contributed by atoms with Crippen LogP contribution in [0.4, 0.5) is 5.69 Å². The fourth-order valence-electron chi connectivity index (χ4n) is 3.53. The van der Waals surface area contributed by atoms with Crippen LogP contribution in [-0.4, -0.2) is 12.1 Å². The molecule has 3 nitrogen and oxygen atoms in total. The van der Waals surface area contributed by atoms with Crippen LogP contribution in [0.1, 0.15) is 41.9 Å². The number of nitrogens with two attached hydrogens (primary N) is 1. The first kappa shape index (κ1) is 12.7. The van der Waals surface area contributed by atoms with Crippen LogP contribution in [0.15, 0.2) is 24.4 Å². The van der Waals surface area contributed by atoms with E-state index in [-0.39, 0.29) is 0 Å². The number of hydrogen-bond acceptors (Lipinski definition) is 3. The summed E-state index contributed by atoms with van der Waals surface area (Å²) in [5.74, 6) is 1.40. The van der Waals surface area contributed by atoms with Gasteiger partial charge in [-0.2, -0.15) is 0 Å². The Labute approximate surface area is 125 Å². The van der Waals surface area contributed by atoms with Gasteiger partial charge in [0.2, 0.25) is 5.88 Å². The van der Waals surface area contributed by atoms with Crippen molar-refractivity contribution >= 4 is 5.69 Å². The van der Waals surface area contributed by atoms with Crippen LogP contribution in [-0.2, 0) is 12.8 Å². The van der Waals surface area contributed by atoms with Crippen molar-refractivity contribution in [2.24, 2.45) is 0 Å². The average molecular weight is 280 g/mol. The molecule has 0 aliphatic heterocycles. The predicted octanol–water partition coefficient (Wildman–Crippen LogP) is 3.71. The summed E-state index contributed by atoms with van der Waals surface area (Å²) in [6.45, 7) is 0. The Morgan fingerprint density at radius 2 is 2.00 bits per heavy atom. The number of fused-ring (bicyclic) bond motifs is 1. The second kappa shape index (κ2) is 4.76. The van der Waals surface area contributed by atoms with Gasteiger partial charge in [-0.25, -0.2) is 4.98 Å². The normalized spacial score (nSPS) is 16.8. The number of rotatable bonds is 3. The molecule has 0 unspecified atom stereocenters. The van der Waals surface area contributed by atoms with Crippen molar-refractivity contribution in [1.82, 2.24) is 4.98 Å². The molecule has 0 amide bonds. The first-order valence-electron chi connectivity index (χ1n) is 7.72. The first-order valence-corrected chi connectivity index (χ1v) is 7.72. The van der Waals surface area contributed by atoms with Crippen LogP contribution in [0.2, 0.25) is 0 Å². The fourth-order valence-corrected chi connectivity index (χ4v) is 3.53. The van der Waals surface area contributed by atoms with E-state index in [1.807, 2.05) is 12.1 Å². The first-order chi connectivity index (χ1) is 10.3. The molecule has 1 fully saturated rings. The summed E-state index contributed by atoms with van der Waals surface area (Å²) < 4.78 is 5.25. The third-order valence-corrected chi connectivity index (χ3v) is 4.75. The number of hydrogen-bond donors (Lipinski definition) is 1. The number of aromatic nitrogens is 1. The van der Waals surface area contributed by atoms with Crippen LogP contribution in [0.3, 0.4) is 0 Å². The highest BCUT2D eigenvalue weighted by molar-refractivity contribution is 5.81. The zero-order valence-corrected chi connectivity index (χ0v) is 12.4. The van der Waals surface area contributed by atoms with Gasteiger partial charge < -0.3 is 10.5 Å². The number of nitrogens with zero attached hydrogens (tertiary/aromatic N) is 1. The molecule has 1 saturated carbocycles. The Morgan fingerprint density at radius 3 is 2.76 bits per heavy atom. The van der Waals surface area contributed by atoms with E-state index in [2.05, 4.69) is 11.1 Å². The zero-order valence-electron chi connectivity index (χ0n) is 12.4. The van der Waals surface area contributed by atoms with Crippen molar-refractivity contribution in [2.45, 2.75) is 38.0 Å². The van der Waals surface area contributed by atoms with Gasteiger partial charge in [-0.15, -0.1) is 0 Å². The second-order valence-electron chi connectivity index (χ2n) is 6.10. The largest absolute Gasteiger partial charge is 0.481 e. The van der Waals surface area contributed by atoms with Crippen LogP contribution in [0.25, 0.3) is 11.1 Å². The fraction of sp³-hybridized carbons (Fsp3) is 0.389. The summed E-state index contributed by atoms with van der Waals surface area (Å²) >= 11 is 0. The van der Waals surface area contributed by atoms with Gasteiger partial charge >= 0.3 is 0 Å². The van der Waals surface area contributed by atoms with Crippen molar-refractivity contribution in [3.63, 3.8) is 0 Å². The molecule has 2 aromatic rings. The molecule has 4 rings (SSSR count). The minimum Gasteiger partial charge on any atom is -0.481 e. The van der Waals surface area contributed by atoms with Crippen LogP contribution in [0, 0.1) is 0 Å². The molecule has 21 heavy (non-hydrogen) atoms. The van der Waals surface area contributed by atoms with E-state index in [1.165, 1.54) is 31.2 Å². The minimum atomic E-state index is 0.639. The van der Waals surface area contributed by atoms with E-state index >= 15 is 0 Å². The lowest BCUT2D eigenvalue weighted by atomic mass is 9.92. The van der Waals surface area contributed by atoms with Gasteiger partial charge in [0.25, 0.3) is 0 Å². The van der Waals surface area contributed by atoms with Gasteiger partial charge in [-0.1, -0.05) is 0 Å². The molecule has 2 aliphatic carbocycles. The highest BCUT2D eigenvalue weighted by atomic mass is 16.5. The number of pyridine rings is 1. The molecule has 3 heteroatoms. The number of benzene rings is 1. The molecule has 0 atom stereocenters. The summed E-state index contributed by atoms with van der Waals surface area (Å²) in [4.78, 5) is 4.19. The van der Waals surface area contributed by atoms with Gasteiger partial charge in [0, 0.05) is 23.5 Å². The van der Waals surface area contributed by atoms with Gasteiger partial charge in [0.15, 0.2) is 0 Å². The van der Waals surface area contributed by atoms with Crippen molar-refractivity contribution in [1.29, 1.82) is 0 Å². The standard InChI is InChI=1S/C18H20N2O/c1-21-17-9-12(7-8-20-17)16-10-15(11-5-6-11)13-3-2-4-14(13)18(16)19/h7-11H,2-6,19H2,1H3. The smallest absolute Gasteiger partial charge is 0.213 e. The van der Waals surface area contributed by atoms with E-state index < -0.39 is 0 Å². The van der Waals surface area contributed by atoms with Gasteiger partial charge in [0.05, 0.1) is 7.11 Å². The Balaban J connectivity index is 1.90. The topological polar surface area (TPSA) is 48.1 Å². The molecule has 0 spiro atoms. The molecule has 1 aromatic heterocycles. The molecule has 0 bridgehead atoms. The maximum absolute atomic E-state index is 6.49. The SMILES string of the molecule is COc1cc(-c2cc(C3CC3)c3c(c2N)CCC3)ccn1. The molecule has 2 aliphatic rings. The molecule has 1 aromatic carbocycles. The highest BCUT2D eigenvalue weighted by Crippen LogP contribution is 2.48. The lowest BCUT2D eigenvalue weighted by Crippen LogP contribution is -2.01. The Bertz CT molecular complexity index is 705. The predicted molar refractivity (Wildman–Crippen MR) is 84.6 cm³/mol. The van der Waals surface area contributed by atoms with Crippen LogP contribution in [0.5, 0.6) is 5.88 Å². The number of methoxy groups -OCH3 is 1. The minimum absolute atomic E-state index is 0.639. The molecule has 0 saturated heterocycles. The Morgan fingerprint density at radius 1 is 1.19 bits per heavy atom. The Kier molecular flexibility index (Phi) is 2.88. The van der Waals surface area contributed by atoms with E-state index in [9.17, 15) is 0 Å². The van der Waals surface area contributed by atoms with Crippen molar-refractivity contribution in [2.75, 3.05) is 12.8 Å². The molecule has 2 N–H and O–H groups in total. The lowest BCUT2D eigenvalue weighted by molar-refractivity contribution is 0.398. The maximum atomic E-state index is 6.49. The van der Waals surface area contributed by atoms with Crippen LogP contribution < -0.4 is 10.5 Å². The van der Waals surface area contributed by atoms with Gasteiger partial charge in [-0.3, -0.25) is 0 Å². The summed E-state index contributed by atoms with van der Waals surface area (Å²) in [5.41, 5.74) is 14.2. The van der Waals surface area contributed by atoms with Crippen molar-refractivity contribution in [3.8, 4) is 17.0 Å². The molecular weight excluding hydrogens is 260 g/mol. The Hall–Kier alpha value is -2.03. The lowest BCUT2D eigenvalue weighted by Gasteiger charge is -2.16. The highest BCUT2D eigenvalue weighted by Gasteiger charge is 2.30. The van der Waals surface area contributed by atoms with E-state index in [1.54, 1.807) is 24.4 Å². The van der Waals surface area contributed by atoms with E-state index in [0.29, 0.717) is 5.88 Å². The third-order valence-electron chi connectivity index (χ3n) is 4.75. The summed E-state index contributed by atoms with van der Waals surface area (Å²) in [5, 5.41) is 0. The summed E-state index contributed by atoms with van der Waals surface area (Å²) in [7, 11) is 1.65. The van der Waals surface area contributed by atoms with Crippen LogP contribution >= 0.6 is 0 Å².